The molecule has 1 unspecified atom stereocenters. The molecule has 0 aliphatic carbocycles. The van der Waals surface area contributed by atoms with Gasteiger partial charge in [0.05, 0.1) is 6.54 Å². The Bertz CT molecular complexity index is 640. The molecule has 0 aromatic rings. The molecule has 2 N–H and O–H groups in total. The van der Waals surface area contributed by atoms with Gasteiger partial charge in [0.25, 0.3) is 0 Å². The Morgan fingerprint density at radius 2 is 1.72 bits per heavy atom. The summed E-state index contributed by atoms with van der Waals surface area (Å²) in [5, 5.41) is 6.46. The fourth-order valence-electron chi connectivity index (χ4n) is 3.91. The number of piperidine rings is 1. The maximum Gasteiger partial charge on any atom is 0.511 e. The van der Waals surface area contributed by atoms with Crippen molar-refractivity contribution in [3.05, 3.63) is 0 Å². The first-order valence-corrected chi connectivity index (χ1v) is 11.9. The molecule has 0 radical (unpaired) electrons. The van der Waals surface area contributed by atoms with Crippen LogP contribution in [0, 0.1) is 5.92 Å². The van der Waals surface area contributed by atoms with Gasteiger partial charge in [-0.3, -0.25) is 9.89 Å². The van der Waals surface area contributed by atoms with Gasteiger partial charge in [-0.2, -0.15) is 17.5 Å². The summed E-state index contributed by atoms with van der Waals surface area (Å²) in [5.74, 6) is 1.10. The van der Waals surface area contributed by atoms with Gasteiger partial charge in [-0.15, -0.1) is 0 Å². The van der Waals surface area contributed by atoms with E-state index in [1.165, 1.54) is 12.8 Å². The minimum atomic E-state index is -5.25. The van der Waals surface area contributed by atoms with Crippen LogP contribution in [-0.4, -0.2) is 80.4 Å². The summed E-state index contributed by atoms with van der Waals surface area (Å²) in [6, 6.07) is 0.239. The number of hydrogen-bond donors (Lipinski definition) is 2. The third-order valence-electron chi connectivity index (χ3n) is 5.59. The van der Waals surface area contributed by atoms with E-state index in [9.17, 15) is 21.6 Å². The number of nitrogens with one attached hydrogen (secondary N) is 2. The van der Waals surface area contributed by atoms with Crippen LogP contribution in [0.4, 0.5) is 13.2 Å². The number of rotatable bonds is 7. The SMILES string of the molecule is CCNC(=NCC(C(C)C)N1CCCC1)NC1CCN(S(=O)(=O)C(F)(F)F)CC1. The number of likely N-dealkylation sites (tertiary alicyclic amines) is 1. The van der Waals surface area contributed by atoms with Gasteiger partial charge in [-0.25, -0.2) is 8.42 Å². The van der Waals surface area contributed by atoms with E-state index in [0.29, 0.717) is 48.2 Å². The van der Waals surface area contributed by atoms with E-state index in [1.54, 1.807) is 0 Å². The lowest BCUT2D eigenvalue weighted by molar-refractivity contribution is -0.0494. The molecule has 0 aromatic heterocycles. The molecule has 0 bridgehead atoms. The van der Waals surface area contributed by atoms with Crippen LogP contribution in [0.1, 0.15) is 46.5 Å². The molecule has 2 aliphatic heterocycles. The lowest BCUT2D eigenvalue weighted by Gasteiger charge is -2.33. The van der Waals surface area contributed by atoms with E-state index in [4.69, 9.17) is 4.99 Å². The second kappa shape index (κ2) is 10.3. The van der Waals surface area contributed by atoms with Crippen LogP contribution < -0.4 is 10.6 Å². The number of nitrogens with zero attached hydrogens (tertiary/aromatic N) is 3. The third kappa shape index (κ3) is 6.45. The largest absolute Gasteiger partial charge is 0.511 e. The molecule has 0 saturated carbocycles. The molecular formula is C18H34F3N5O2S. The predicted octanol–water partition coefficient (Wildman–Crippen LogP) is 1.98. The van der Waals surface area contributed by atoms with Crippen LogP contribution in [0.5, 0.6) is 0 Å². The van der Waals surface area contributed by atoms with Gasteiger partial charge in [-0.05, 0) is 51.6 Å². The van der Waals surface area contributed by atoms with Gasteiger partial charge in [0.15, 0.2) is 5.96 Å². The second-order valence-corrected chi connectivity index (χ2v) is 9.97. The van der Waals surface area contributed by atoms with Crippen LogP contribution in [-0.2, 0) is 10.0 Å². The van der Waals surface area contributed by atoms with Crippen molar-refractivity contribution in [2.45, 2.75) is 64.0 Å². The molecule has 29 heavy (non-hydrogen) atoms. The van der Waals surface area contributed by atoms with Crippen molar-refractivity contribution in [3.8, 4) is 0 Å². The molecule has 11 heteroatoms. The normalized spacial score (nSPS) is 22.2. The van der Waals surface area contributed by atoms with Crippen molar-refractivity contribution in [3.63, 3.8) is 0 Å². The number of hydrogen-bond acceptors (Lipinski definition) is 4. The van der Waals surface area contributed by atoms with Gasteiger partial charge in [-0.1, -0.05) is 13.8 Å². The first-order valence-electron chi connectivity index (χ1n) is 10.4. The number of alkyl halides is 3. The summed E-state index contributed by atoms with van der Waals surface area (Å²) in [6.45, 7) is 9.53. The van der Waals surface area contributed by atoms with Crippen LogP contribution in [0.15, 0.2) is 4.99 Å². The lowest BCUT2D eigenvalue weighted by atomic mass is 10.0. The topological polar surface area (TPSA) is 77.0 Å². The molecule has 0 aromatic carbocycles. The minimum Gasteiger partial charge on any atom is -0.357 e. The summed E-state index contributed by atoms with van der Waals surface area (Å²) in [5.41, 5.74) is -5.24. The highest BCUT2D eigenvalue weighted by molar-refractivity contribution is 7.90. The van der Waals surface area contributed by atoms with Gasteiger partial charge >= 0.3 is 15.5 Å². The molecule has 2 heterocycles. The Kier molecular flexibility index (Phi) is 8.59. The van der Waals surface area contributed by atoms with Crippen LogP contribution >= 0.6 is 0 Å². The van der Waals surface area contributed by atoms with Gasteiger partial charge in [0, 0.05) is 31.7 Å². The summed E-state index contributed by atoms with van der Waals surface area (Å²) in [7, 11) is -5.25. The van der Waals surface area contributed by atoms with E-state index < -0.39 is 15.5 Å². The molecular weight excluding hydrogens is 407 g/mol. The van der Waals surface area contributed by atoms with Crippen molar-refractivity contribution in [2.75, 3.05) is 39.3 Å². The van der Waals surface area contributed by atoms with Crippen LogP contribution in [0.3, 0.4) is 0 Å². The molecule has 2 rings (SSSR count). The first kappa shape index (κ1) is 24.2. The smallest absolute Gasteiger partial charge is 0.357 e. The van der Waals surface area contributed by atoms with Crippen LogP contribution in [0.2, 0.25) is 0 Å². The molecule has 2 aliphatic rings. The second-order valence-electron chi connectivity index (χ2n) is 8.04. The zero-order valence-electron chi connectivity index (χ0n) is 17.5. The van der Waals surface area contributed by atoms with E-state index >= 15 is 0 Å². The maximum absolute atomic E-state index is 12.7. The Balaban J connectivity index is 1.94. The molecule has 1 atom stereocenters. The predicted molar refractivity (Wildman–Crippen MR) is 108 cm³/mol. The Hall–Kier alpha value is -1.07. The summed E-state index contributed by atoms with van der Waals surface area (Å²) in [6.07, 6.45) is 3.04. The molecule has 170 valence electrons. The Morgan fingerprint density at radius 3 is 2.21 bits per heavy atom. The zero-order chi connectivity index (χ0) is 21.7. The van der Waals surface area contributed by atoms with E-state index in [0.717, 1.165) is 13.1 Å². The highest BCUT2D eigenvalue weighted by Crippen LogP contribution is 2.29. The molecule has 0 amide bonds. The fourth-order valence-corrected chi connectivity index (χ4v) is 4.89. The van der Waals surface area contributed by atoms with E-state index in [1.807, 2.05) is 6.92 Å². The van der Waals surface area contributed by atoms with Gasteiger partial charge in [0.2, 0.25) is 0 Å². The van der Waals surface area contributed by atoms with E-state index in [-0.39, 0.29) is 19.1 Å². The van der Waals surface area contributed by atoms with E-state index in [2.05, 4.69) is 29.4 Å². The third-order valence-corrected chi connectivity index (χ3v) is 7.22. The number of aliphatic imine (C=N–C) groups is 1. The zero-order valence-corrected chi connectivity index (χ0v) is 18.3. The number of halogens is 3. The lowest BCUT2D eigenvalue weighted by Crippen LogP contribution is -2.52. The molecule has 2 saturated heterocycles. The monoisotopic (exact) mass is 441 g/mol. The van der Waals surface area contributed by atoms with Crippen molar-refractivity contribution in [1.29, 1.82) is 0 Å². The molecule has 0 spiro atoms. The summed E-state index contributed by atoms with van der Waals surface area (Å²) in [4.78, 5) is 7.19. The first-order chi connectivity index (χ1) is 13.6. The summed E-state index contributed by atoms with van der Waals surface area (Å²) >= 11 is 0. The summed E-state index contributed by atoms with van der Waals surface area (Å²) < 4.78 is 61.8. The van der Waals surface area contributed by atoms with Crippen molar-refractivity contribution >= 4 is 16.0 Å². The highest BCUT2D eigenvalue weighted by atomic mass is 32.2. The standard InChI is InChI=1S/C18H34F3N5O2S/c1-4-22-17(23-13-16(14(2)3)25-9-5-6-10-25)24-15-7-11-26(12-8-15)29(27,28)18(19,20)21/h14-16H,4-13H2,1-3H3,(H2,22,23,24). The van der Waals surface area contributed by atoms with Gasteiger partial charge in [0.1, 0.15) is 0 Å². The average molecular weight is 442 g/mol. The van der Waals surface area contributed by atoms with Crippen molar-refractivity contribution in [1.82, 2.24) is 19.8 Å². The van der Waals surface area contributed by atoms with Gasteiger partial charge < -0.3 is 10.6 Å². The fraction of sp³-hybridized carbons (Fsp3) is 0.944. The Morgan fingerprint density at radius 1 is 1.14 bits per heavy atom. The van der Waals surface area contributed by atoms with Crippen LogP contribution in [0.25, 0.3) is 0 Å². The number of guanidine groups is 1. The molecule has 7 nitrogen and oxygen atoms in total. The Labute approximate surface area is 172 Å². The average Bonchev–Trinajstić information content (AvgIpc) is 3.15. The van der Waals surface area contributed by atoms with Crippen molar-refractivity contribution < 1.29 is 21.6 Å². The molecule has 2 fully saturated rings. The quantitative estimate of drug-likeness (QED) is 0.467. The highest BCUT2D eigenvalue weighted by Gasteiger charge is 2.50. The number of sulfonamides is 1. The van der Waals surface area contributed by atoms with Crippen molar-refractivity contribution in [2.24, 2.45) is 10.9 Å². The minimum absolute atomic E-state index is 0.114. The maximum atomic E-state index is 12.7.